The number of benzene rings is 2. The van der Waals surface area contributed by atoms with E-state index < -0.39 is 0 Å². The fourth-order valence-electron chi connectivity index (χ4n) is 3.30. The molecule has 168 valence electrons. The van der Waals surface area contributed by atoms with Gasteiger partial charge in [-0.2, -0.15) is 0 Å². The third-order valence-corrected chi connectivity index (χ3v) is 6.64. The quantitative estimate of drug-likeness (QED) is 0.289. The van der Waals surface area contributed by atoms with Crippen LogP contribution in [-0.4, -0.2) is 42.9 Å². The highest BCUT2D eigenvalue weighted by Gasteiger charge is 2.20. The van der Waals surface area contributed by atoms with Gasteiger partial charge in [0.1, 0.15) is 0 Å². The van der Waals surface area contributed by atoms with Gasteiger partial charge in [-0.15, -0.1) is 10.2 Å². The van der Waals surface area contributed by atoms with Crippen molar-refractivity contribution in [1.29, 1.82) is 0 Å². The molecule has 0 aliphatic heterocycles. The molecule has 0 unspecified atom stereocenters. The molecule has 0 spiro atoms. The van der Waals surface area contributed by atoms with Crippen LogP contribution in [0, 0.1) is 0 Å². The topological polar surface area (TPSA) is 63.9 Å². The van der Waals surface area contributed by atoms with Crippen LogP contribution in [0.2, 0.25) is 10.0 Å². The summed E-state index contributed by atoms with van der Waals surface area (Å²) in [7, 11) is 0. The SMILES string of the molecule is CCN(Cc1ccccc1)C(=O)CSc1nnc(-c2cccnc2)n1-c1ccc(Cl)c(Cl)c1. The third-order valence-electron chi connectivity index (χ3n) is 4.99. The number of nitrogens with zero attached hydrogens (tertiary/aromatic N) is 5. The fourth-order valence-corrected chi connectivity index (χ4v) is 4.45. The van der Waals surface area contributed by atoms with E-state index in [9.17, 15) is 4.79 Å². The summed E-state index contributed by atoms with van der Waals surface area (Å²) in [6.45, 7) is 3.16. The Kier molecular flexibility index (Phi) is 7.65. The van der Waals surface area contributed by atoms with Gasteiger partial charge in [0.25, 0.3) is 0 Å². The smallest absolute Gasteiger partial charge is 0.233 e. The van der Waals surface area contributed by atoms with Crippen molar-refractivity contribution in [2.24, 2.45) is 0 Å². The molecule has 2 heterocycles. The Bertz CT molecular complexity index is 1230. The van der Waals surface area contributed by atoms with Gasteiger partial charge in [-0.3, -0.25) is 14.3 Å². The minimum Gasteiger partial charge on any atom is -0.338 e. The van der Waals surface area contributed by atoms with Crippen LogP contribution in [0.4, 0.5) is 0 Å². The lowest BCUT2D eigenvalue weighted by molar-refractivity contribution is -0.128. The molecule has 4 rings (SSSR count). The maximum atomic E-state index is 13.0. The summed E-state index contributed by atoms with van der Waals surface area (Å²) in [4.78, 5) is 19.0. The van der Waals surface area contributed by atoms with Gasteiger partial charge in [0, 0.05) is 31.0 Å². The summed E-state index contributed by atoms with van der Waals surface area (Å²) in [6, 6.07) is 19.0. The highest BCUT2D eigenvalue weighted by Crippen LogP contribution is 2.31. The van der Waals surface area contributed by atoms with Crippen LogP contribution in [-0.2, 0) is 11.3 Å². The molecule has 0 bridgehead atoms. The van der Waals surface area contributed by atoms with Crippen molar-refractivity contribution >= 4 is 40.9 Å². The number of hydrogen-bond acceptors (Lipinski definition) is 5. The van der Waals surface area contributed by atoms with E-state index in [2.05, 4.69) is 15.2 Å². The van der Waals surface area contributed by atoms with Crippen molar-refractivity contribution in [3.8, 4) is 17.1 Å². The molecule has 0 atom stereocenters. The van der Waals surface area contributed by atoms with Gasteiger partial charge in [-0.25, -0.2) is 0 Å². The zero-order valence-corrected chi connectivity index (χ0v) is 20.2. The summed E-state index contributed by atoms with van der Waals surface area (Å²) in [5.74, 6) is 0.860. The number of halogens is 2. The first kappa shape index (κ1) is 23.3. The van der Waals surface area contributed by atoms with Crippen LogP contribution in [0.5, 0.6) is 0 Å². The van der Waals surface area contributed by atoms with Crippen LogP contribution in [0.1, 0.15) is 12.5 Å². The van der Waals surface area contributed by atoms with Crippen LogP contribution in [0.15, 0.2) is 78.2 Å². The Hall–Kier alpha value is -2.87. The monoisotopic (exact) mass is 497 g/mol. The Morgan fingerprint density at radius 1 is 1.03 bits per heavy atom. The molecule has 0 fully saturated rings. The van der Waals surface area contributed by atoms with Crippen LogP contribution in [0.25, 0.3) is 17.1 Å². The zero-order chi connectivity index (χ0) is 23.2. The second-order valence-electron chi connectivity index (χ2n) is 7.16. The number of thioether (sulfide) groups is 1. The molecular weight excluding hydrogens is 477 g/mol. The minimum absolute atomic E-state index is 0.0259. The molecule has 9 heteroatoms. The lowest BCUT2D eigenvalue weighted by Gasteiger charge is -2.21. The van der Waals surface area contributed by atoms with Crippen LogP contribution >= 0.6 is 35.0 Å². The van der Waals surface area contributed by atoms with E-state index in [4.69, 9.17) is 23.2 Å². The van der Waals surface area contributed by atoms with E-state index >= 15 is 0 Å². The van der Waals surface area contributed by atoms with Gasteiger partial charge in [-0.1, -0.05) is 65.3 Å². The first-order valence-corrected chi connectivity index (χ1v) is 12.1. The molecule has 4 aromatic rings. The van der Waals surface area contributed by atoms with Gasteiger partial charge in [0.2, 0.25) is 5.91 Å². The predicted molar refractivity (Wildman–Crippen MR) is 133 cm³/mol. The summed E-state index contributed by atoms with van der Waals surface area (Å²) < 4.78 is 1.87. The molecule has 1 amide bonds. The largest absolute Gasteiger partial charge is 0.338 e. The minimum atomic E-state index is 0.0259. The number of pyridine rings is 1. The summed E-state index contributed by atoms with van der Waals surface area (Å²) in [6.07, 6.45) is 3.42. The number of carbonyl (C=O) groups is 1. The fraction of sp³-hybridized carbons (Fsp3) is 0.167. The van der Waals surface area contributed by atoms with Crippen molar-refractivity contribution in [2.75, 3.05) is 12.3 Å². The van der Waals surface area contributed by atoms with Crippen molar-refractivity contribution in [2.45, 2.75) is 18.6 Å². The van der Waals surface area contributed by atoms with Gasteiger partial charge >= 0.3 is 0 Å². The standard InChI is InChI=1S/C24H21Cl2N5OS/c1-2-30(15-17-7-4-3-5-8-17)22(32)16-33-24-29-28-23(18-9-6-12-27-14-18)31(24)19-10-11-20(25)21(26)13-19/h3-14H,2,15-16H2,1H3. The summed E-state index contributed by atoms with van der Waals surface area (Å²) in [5.41, 5.74) is 2.64. The molecule has 0 saturated carbocycles. The Morgan fingerprint density at radius 2 is 1.85 bits per heavy atom. The van der Waals surface area contributed by atoms with E-state index in [1.54, 1.807) is 24.5 Å². The highest BCUT2D eigenvalue weighted by atomic mass is 35.5. The second-order valence-corrected chi connectivity index (χ2v) is 8.92. The van der Waals surface area contributed by atoms with Crippen molar-refractivity contribution < 1.29 is 4.79 Å². The normalized spacial score (nSPS) is 10.9. The van der Waals surface area contributed by atoms with E-state index in [1.807, 2.05) is 64.9 Å². The third kappa shape index (κ3) is 5.55. The van der Waals surface area contributed by atoms with Crippen molar-refractivity contribution in [1.82, 2.24) is 24.6 Å². The number of carbonyl (C=O) groups excluding carboxylic acids is 1. The number of aromatic nitrogens is 4. The van der Waals surface area contributed by atoms with Gasteiger partial charge < -0.3 is 4.90 Å². The number of amides is 1. The van der Waals surface area contributed by atoms with Crippen molar-refractivity contribution in [3.63, 3.8) is 0 Å². The van der Waals surface area contributed by atoms with Crippen LogP contribution in [0.3, 0.4) is 0 Å². The number of rotatable bonds is 8. The number of hydrogen-bond donors (Lipinski definition) is 0. The maximum Gasteiger partial charge on any atom is 0.233 e. The molecule has 33 heavy (non-hydrogen) atoms. The lowest BCUT2D eigenvalue weighted by Crippen LogP contribution is -2.31. The predicted octanol–water partition coefficient (Wildman–Crippen LogP) is 5.78. The maximum absolute atomic E-state index is 13.0. The van der Waals surface area contributed by atoms with Gasteiger partial charge in [0.15, 0.2) is 11.0 Å². The summed E-state index contributed by atoms with van der Waals surface area (Å²) >= 11 is 13.7. The molecule has 0 aliphatic rings. The molecule has 6 nitrogen and oxygen atoms in total. The highest BCUT2D eigenvalue weighted by molar-refractivity contribution is 7.99. The lowest BCUT2D eigenvalue weighted by atomic mass is 10.2. The molecule has 0 N–H and O–H groups in total. The van der Waals surface area contributed by atoms with Gasteiger partial charge in [-0.05, 0) is 42.8 Å². The van der Waals surface area contributed by atoms with E-state index in [0.717, 1.165) is 16.8 Å². The molecule has 0 radical (unpaired) electrons. The van der Waals surface area contributed by atoms with Crippen LogP contribution < -0.4 is 0 Å². The average molecular weight is 498 g/mol. The first-order valence-electron chi connectivity index (χ1n) is 10.3. The molecule has 2 aromatic carbocycles. The average Bonchev–Trinajstić information content (AvgIpc) is 3.28. The van der Waals surface area contributed by atoms with E-state index in [-0.39, 0.29) is 11.7 Å². The molecule has 0 saturated heterocycles. The van der Waals surface area contributed by atoms with Crippen molar-refractivity contribution in [3.05, 3.63) is 88.7 Å². The molecule has 2 aromatic heterocycles. The molecule has 0 aliphatic carbocycles. The Balaban J connectivity index is 1.60. The van der Waals surface area contributed by atoms with E-state index in [1.165, 1.54) is 11.8 Å². The van der Waals surface area contributed by atoms with Gasteiger partial charge in [0.05, 0.1) is 21.5 Å². The second kappa shape index (κ2) is 10.8. The zero-order valence-electron chi connectivity index (χ0n) is 17.9. The Morgan fingerprint density at radius 3 is 2.55 bits per heavy atom. The molecular formula is C24H21Cl2N5OS. The first-order chi connectivity index (χ1) is 16.1. The Labute approximate surface area is 206 Å². The van der Waals surface area contributed by atoms with E-state index in [0.29, 0.717) is 34.1 Å². The summed E-state index contributed by atoms with van der Waals surface area (Å²) in [5, 5.41) is 10.2.